The zero-order chi connectivity index (χ0) is 14.7. The molecule has 3 aromatic rings. The van der Waals surface area contributed by atoms with Crippen LogP contribution in [0.2, 0.25) is 0 Å². The Morgan fingerprint density at radius 3 is 2.10 bits per heavy atom. The van der Waals surface area contributed by atoms with Gasteiger partial charge in [0.1, 0.15) is 0 Å². The molecule has 0 spiro atoms. The summed E-state index contributed by atoms with van der Waals surface area (Å²) in [5.74, 6) is 0. The minimum absolute atomic E-state index is 0.273. The number of nitrogens with zero attached hydrogens (tertiary/aromatic N) is 1. The molecule has 0 atom stereocenters. The molecule has 0 bridgehead atoms. The van der Waals surface area contributed by atoms with Gasteiger partial charge in [-0.2, -0.15) is 0 Å². The van der Waals surface area contributed by atoms with E-state index in [-0.39, 0.29) is 9.79 Å². The molecule has 0 aliphatic heterocycles. The molecule has 0 saturated heterocycles. The second-order valence-corrected chi connectivity index (χ2v) is 6.45. The van der Waals surface area contributed by atoms with Gasteiger partial charge in [0.2, 0.25) is 9.84 Å². The number of sulfone groups is 1. The van der Waals surface area contributed by atoms with Crippen LogP contribution in [0, 0.1) is 0 Å². The van der Waals surface area contributed by atoms with E-state index >= 15 is 0 Å². The molecule has 0 fully saturated rings. The van der Waals surface area contributed by atoms with Gasteiger partial charge in [-0.1, -0.05) is 42.5 Å². The quantitative estimate of drug-likeness (QED) is 0.742. The minimum Gasteiger partial charge on any atom is -0.256 e. The molecule has 2 aromatic carbocycles. The third-order valence-electron chi connectivity index (χ3n) is 3.17. The molecule has 0 aliphatic rings. The molecule has 0 saturated carbocycles. The highest BCUT2D eigenvalue weighted by molar-refractivity contribution is 7.91. The maximum absolute atomic E-state index is 12.8. The van der Waals surface area contributed by atoms with Gasteiger partial charge in [-0.05, 0) is 30.3 Å². The summed E-state index contributed by atoms with van der Waals surface area (Å²) in [7, 11) is -3.56. The Hall–Kier alpha value is -2.46. The van der Waals surface area contributed by atoms with Gasteiger partial charge in [-0.25, -0.2) is 8.42 Å². The molecular formula is C17H13NO2S. The van der Waals surface area contributed by atoms with E-state index in [1.165, 1.54) is 0 Å². The summed E-state index contributed by atoms with van der Waals surface area (Å²) in [6.45, 7) is 0. The highest BCUT2D eigenvalue weighted by atomic mass is 32.2. The first-order valence-corrected chi connectivity index (χ1v) is 7.98. The topological polar surface area (TPSA) is 47.0 Å². The van der Waals surface area contributed by atoms with E-state index < -0.39 is 9.84 Å². The Labute approximate surface area is 123 Å². The molecule has 21 heavy (non-hydrogen) atoms. The summed E-state index contributed by atoms with van der Waals surface area (Å²) in [6, 6.07) is 20.8. The molecule has 3 nitrogen and oxygen atoms in total. The van der Waals surface area contributed by atoms with Gasteiger partial charge in [-0.15, -0.1) is 0 Å². The fourth-order valence-electron chi connectivity index (χ4n) is 2.16. The Morgan fingerprint density at radius 2 is 1.38 bits per heavy atom. The smallest absolute Gasteiger partial charge is 0.207 e. The first-order valence-electron chi connectivity index (χ1n) is 6.50. The number of rotatable bonds is 3. The molecule has 0 aliphatic carbocycles. The third-order valence-corrected chi connectivity index (χ3v) is 5.00. The van der Waals surface area contributed by atoms with E-state index in [2.05, 4.69) is 4.98 Å². The van der Waals surface area contributed by atoms with Crippen LogP contribution in [0.5, 0.6) is 0 Å². The van der Waals surface area contributed by atoms with Crippen molar-refractivity contribution in [2.75, 3.05) is 0 Å². The van der Waals surface area contributed by atoms with Crippen LogP contribution < -0.4 is 0 Å². The molecule has 1 heterocycles. The fraction of sp³-hybridized carbons (Fsp3) is 0. The lowest BCUT2D eigenvalue weighted by Gasteiger charge is -2.10. The Bertz CT molecular complexity index is 844. The number of hydrogen-bond acceptors (Lipinski definition) is 3. The molecular weight excluding hydrogens is 282 g/mol. The number of pyridine rings is 1. The van der Waals surface area contributed by atoms with Crippen LogP contribution in [0.15, 0.2) is 88.8 Å². The Kier molecular flexibility index (Phi) is 3.54. The molecule has 0 radical (unpaired) electrons. The normalized spacial score (nSPS) is 11.2. The fourth-order valence-corrected chi connectivity index (χ4v) is 3.65. The second-order valence-electron chi connectivity index (χ2n) is 4.53. The van der Waals surface area contributed by atoms with E-state index in [0.717, 1.165) is 0 Å². The lowest BCUT2D eigenvalue weighted by atomic mass is 10.1. The van der Waals surface area contributed by atoms with Crippen molar-refractivity contribution in [1.82, 2.24) is 4.98 Å². The van der Waals surface area contributed by atoms with Gasteiger partial charge in [0.25, 0.3) is 0 Å². The lowest BCUT2D eigenvalue weighted by Crippen LogP contribution is -2.04. The zero-order valence-corrected chi connectivity index (χ0v) is 12.0. The van der Waals surface area contributed by atoms with Gasteiger partial charge in [-0.3, -0.25) is 4.98 Å². The van der Waals surface area contributed by atoms with Gasteiger partial charge in [0, 0.05) is 11.8 Å². The molecule has 4 heteroatoms. The van der Waals surface area contributed by atoms with Crippen LogP contribution in [-0.4, -0.2) is 13.4 Å². The van der Waals surface area contributed by atoms with Gasteiger partial charge in [0.15, 0.2) is 0 Å². The standard InChI is InChI=1S/C17H13NO2S/c19-21(20,14-8-2-1-3-9-14)17-12-5-4-10-15(17)16-11-6-7-13-18-16/h1-13H. The average molecular weight is 295 g/mol. The van der Waals surface area contributed by atoms with Crippen LogP contribution in [0.25, 0.3) is 11.3 Å². The van der Waals surface area contributed by atoms with E-state index in [4.69, 9.17) is 0 Å². The maximum Gasteiger partial charge on any atom is 0.207 e. The maximum atomic E-state index is 12.8. The molecule has 0 unspecified atom stereocenters. The van der Waals surface area contributed by atoms with Gasteiger partial charge >= 0.3 is 0 Å². The van der Waals surface area contributed by atoms with Gasteiger partial charge in [0.05, 0.1) is 15.5 Å². The van der Waals surface area contributed by atoms with E-state index in [0.29, 0.717) is 11.3 Å². The summed E-state index contributed by atoms with van der Waals surface area (Å²) in [5.41, 5.74) is 1.26. The predicted molar refractivity (Wildman–Crippen MR) is 81.6 cm³/mol. The van der Waals surface area contributed by atoms with Gasteiger partial charge < -0.3 is 0 Å². The molecule has 0 N–H and O–H groups in total. The Morgan fingerprint density at radius 1 is 0.714 bits per heavy atom. The molecule has 104 valence electrons. The highest BCUT2D eigenvalue weighted by Crippen LogP contribution is 2.29. The number of aromatic nitrogens is 1. The van der Waals surface area contributed by atoms with Crippen molar-refractivity contribution in [1.29, 1.82) is 0 Å². The molecule has 1 aromatic heterocycles. The van der Waals surface area contributed by atoms with Crippen LogP contribution >= 0.6 is 0 Å². The van der Waals surface area contributed by atoms with Crippen LogP contribution in [-0.2, 0) is 9.84 Å². The highest BCUT2D eigenvalue weighted by Gasteiger charge is 2.21. The van der Waals surface area contributed by atoms with E-state index in [9.17, 15) is 8.42 Å². The van der Waals surface area contributed by atoms with Crippen LogP contribution in [0.3, 0.4) is 0 Å². The van der Waals surface area contributed by atoms with Crippen molar-refractivity contribution in [3.8, 4) is 11.3 Å². The molecule has 3 rings (SSSR count). The first-order chi connectivity index (χ1) is 10.2. The predicted octanol–water partition coefficient (Wildman–Crippen LogP) is 3.58. The number of benzene rings is 2. The minimum atomic E-state index is -3.56. The van der Waals surface area contributed by atoms with Crippen LogP contribution in [0.4, 0.5) is 0 Å². The van der Waals surface area contributed by atoms with Crippen molar-refractivity contribution >= 4 is 9.84 Å². The van der Waals surface area contributed by atoms with Crippen molar-refractivity contribution in [2.24, 2.45) is 0 Å². The summed E-state index contributed by atoms with van der Waals surface area (Å²) in [4.78, 5) is 4.81. The van der Waals surface area contributed by atoms with Crippen molar-refractivity contribution in [3.05, 3.63) is 79.0 Å². The third kappa shape index (κ3) is 2.58. The van der Waals surface area contributed by atoms with Crippen molar-refractivity contribution < 1.29 is 8.42 Å². The SMILES string of the molecule is O=S(=O)(c1ccccc1)c1ccccc1-c1ccccn1. The summed E-state index contributed by atoms with van der Waals surface area (Å²) >= 11 is 0. The van der Waals surface area contributed by atoms with E-state index in [1.54, 1.807) is 66.9 Å². The summed E-state index contributed by atoms with van der Waals surface area (Å²) in [6.07, 6.45) is 1.65. The molecule has 0 amide bonds. The zero-order valence-electron chi connectivity index (χ0n) is 11.2. The average Bonchev–Trinajstić information content (AvgIpc) is 2.56. The number of hydrogen-bond donors (Lipinski definition) is 0. The van der Waals surface area contributed by atoms with Crippen LogP contribution in [0.1, 0.15) is 0 Å². The summed E-state index contributed by atoms with van der Waals surface area (Å²) < 4.78 is 25.6. The summed E-state index contributed by atoms with van der Waals surface area (Å²) in [5, 5.41) is 0. The monoisotopic (exact) mass is 295 g/mol. The Balaban J connectivity index is 2.21. The largest absolute Gasteiger partial charge is 0.256 e. The second kappa shape index (κ2) is 5.50. The first kappa shape index (κ1) is 13.5. The van der Waals surface area contributed by atoms with E-state index in [1.807, 2.05) is 12.1 Å². The van der Waals surface area contributed by atoms with Crippen molar-refractivity contribution in [3.63, 3.8) is 0 Å². The lowest BCUT2D eigenvalue weighted by molar-refractivity contribution is 0.596. The van der Waals surface area contributed by atoms with Crippen molar-refractivity contribution in [2.45, 2.75) is 9.79 Å².